The first-order valence-corrected chi connectivity index (χ1v) is 5.65. The Morgan fingerprint density at radius 1 is 1.00 bits per heavy atom. The molecule has 0 aromatic heterocycles. The van der Waals surface area contributed by atoms with Crippen LogP contribution >= 0.6 is 0 Å². The van der Waals surface area contributed by atoms with E-state index in [1.807, 2.05) is 55.5 Å². The second-order valence-electron chi connectivity index (χ2n) is 4.17. The number of hydrogen-bond donors (Lipinski definition) is 2. The number of aryl methyl sites for hydroxylation is 1. The zero-order chi connectivity index (χ0) is 12.3. The van der Waals surface area contributed by atoms with E-state index in [0.29, 0.717) is 0 Å². The Kier molecular flexibility index (Phi) is 3.57. The molecule has 0 bridgehead atoms. The van der Waals surface area contributed by atoms with E-state index in [1.165, 1.54) is 0 Å². The van der Waals surface area contributed by atoms with Crippen molar-refractivity contribution in [3.63, 3.8) is 0 Å². The highest BCUT2D eigenvalue weighted by atomic mass is 16.3. The fourth-order valence-corrected chi connectivity index (χ4v) is 1.87. The minimum atomic E-state index is -0.682. The van der Waals surface area contributed by atoms with E-state index in [-0.39, 0.29) is 6.61 Å². The Morgan fingerprint density at radius 3 is 2.29 bits per heavy atom. The quantitative estimate of drug-likeness (QED) is 0.847. The first-order chi connectivity index (χ1) is 8.22. The average molecular weight is 228 g/mol. The number of benzene rings is 2. The van der Waals surface area contributed by atoms with Gasteiger partial charge in [-0.2, -0.15) is 0 Å². The van der Waals surface area contributed by atoms with E-state index in [2.05, 4.69) is 0 Å². The van der Waals surface area contributed by atoms with Gasteiger partial charge in [-0.3, -0.25) is 0 Å². The van der Waals surface area contributed by atoms with Crippen LogP contribution in [-0.4, -0.2) is 10.2 Å². The molecule has 0 aliphatic carbocycles. The van der Waals surface area contributed by atoms with Gasteiger partial charge in [0.2, 0.25) is 0 Å². The van der Waals surface area contributed by atoms with E-state index < -0.39 is 6.10 Å². The summed E-state index contributed by atoms with van der Waals surface area (Å²) < 4.78 is 0. The predicted octanol–water partition coefficient (Wildman–Crippen LogP) is 2.57. The van der Waals surface area contributed by atoms with Crippen molar-refractivity contribution in [3.05, 3.63) is 70.8 Å². The molecule has 2 nitrogen and oxygen atoms in total. The molecule has 2 rings (SSSR count). The summed E-state index contributed by atoms with van der Waals surface area (Å²) >= 11 is 0. The van der Waals surface area contributed by atoms with Crippen molar-refractivity contribution in [1.29, 1.82) is 0 Å². The van der Waals surface area contributed by atoms with Crippen molar-refractivity contribution < 1.29 is 10.2 Å². The van der Waals surface area contributed by atoms with E-state index in [0.717, 1.165) is 22.3 Å². The molecule has 0 saturated heterocycles. The van der Waals surface area contributed by atoms with Crippen LogP contribution in [0.1, 0.15) is 28.4 Å². The van der Waals surface area contributed by atoms with Gasteiger partial charge in [0.1, 0.15) is 6.10 Å². The molecule has 0 saturated carbocycles. The van der Waals surface area contributed by atoms with Gasteiger partial charge in [0, 0.05) is 0 Å². The Hall–Kier alpha value is -1.64. The summed E-state index contributed by atoms with van der Waals surface area (Å²) in [5.41, 5.74) is 3.53. The molecule has 2 heteroatoms. The first-order valence-electron chi connectivity index (χ1n) is 5.65. The maximum Gasteiger partial charge on any atom is 0.104 e. The SMILES string of the molecule is Cc1ccc(C(O)c2ccccc2CO)cc1. The molecule has 0 heterocycles. The van der Waals surface area contributed by atoms with Crippen molar-refractivity contribution in [3.8, 4) is 0 Å². The first kappa shape index (κ1) is 11.8. The van der Waals surface area contributed by atoms with Gasteiger partial charge < -0.3 is 10.2 Å². The van der Waals surface area contributed by atoms with Gasteiger partial charge in [0.05, 0.1) is 6.61 Å². The smallest absolute Gasteiger partial charge is 0.104 e. The summed E-state index contributed by atoms with van der Waals surface area (Å²) in [5, 5.41) is 19.5. The number of rotatable bonds is 3. The second kappa shape index (κ2) is 5.13. The monoisotopic (exact) mass is 228 g/mol. The lowest BCUT2D eigenvalue weighted by Crippen LogP contribution is -2.03. The maximum absolute atomic E-state index is 10.3. The number of aliphatic hydroxyl groups excluding tert-OH is 2. The van der Waals surface area contributed by atoms with E-state index >= 15 is 0 Å². The van der Waals surface area contributed by atoms with Crippen LogP contribution in [0, 0.1) is 6.92 Å². The summed E-state index contributed by atoms with van der Waals surface area (Å²) in [5.74, 6) is 0. The lowest BCUT2D eigenvalue weighted by atomic mass is 9.96. The van der Waals surface area contributed by atoms with E-state index in [4.69, 9.17) is 0 Å². The van der Waals surface area contributed by atoms with Crippen LogP contribution in [0.15, 0.2) is 48.5 Å². The normalized spacial score (nSPS) is 12.4. The third-order valence-electron chi connectivity index (χ3n) is 2.91. The number of hydrogen-bond acceptors (Lipinski definition) is 2. The van der Waals surface area contributed by atoms with Crippen molar-refractivity contribution in [1.82, 2.24) is 0 Å². The summed E-state index contributed by atoms with van der Waals surface area (Å²) in [6, 6.07) is 15.2. The zero-order valence-corrected chi connectivity index (χ0v) is 9.80. The Bertz CT molecular complexity index is 489. The molecule has 0 aliphatic heterocycles. The van der Waals surface area contributed by atoms with Gasteiger partial charge in [-0.15, -0.1) is 0 Å². The summed E-state index contributed by atoms with van der Waals surface area (Å²) in [6.07, 6.45) is -0.682. The van der Waals surface area contributed by atoms with Gasteiger partial charge in [-0.1, -0.05) is 54.1 Å². The van der Waals surface area contributed by atoms with Crippen LogP contribution in [0.3, 0.4) is 0 Å². The molecular formula is C15H16O2. The van der Waals surface area contributed by atoms with Crippen LogP contribution in [0.2, 0.25) is 0 Å². The van der Waals surface area contributed by atoms with E-state index in [9.17, 15) is 10.2 Å². The van der Waals surface area contributed by atoms with E-state index in [1.54, 1.807) is 0 Å². The fraction of sp³-hybridized carbons (Fsp3) is 0.200. The minimum Gasteiger partial charge on any atom is -0.392 e. The van der Waals surface area contributed by atoms with Crippen LogP contribution in [0.25, 0.3) is 0 Å². The maximum atomic E-state index is 10.3. The minimum absolute atomic E-state index is 0.0565. The van der Waals surface area contributed by atoms with Crippen molar-refractivity contribution in [2.75, 3.05) is 0 Å². The van der Waals surface area contributed by atoms with Crippen LogP contribution < -0.4 is 0 Å². The standard InChI is InChI=1S/C15H16O2/c1-11-6-8-12(9-7-11)15(17)14-5-3-2-4-13(14)10-16/h2-9,15-17H,10H2,1H3. The zero-order valence-electron chi connectivity index (χ0n) is 9.80. The molecule has 2 N–H and O–H groups in total. The van der Waals surface area contributed by atoms with Gasteiger partial charge in [0.15, 0.2) is 0 Å². The molecule has 0 amide bonds. The van der Waals surface area contributed by atoms with Gasteiger partial charge in [-0.25, -0.2) is 0 Å². The molecule has 2 aromatic rings. The highest BCUT2D eigenvalue weighted by molar-refractivity contribution is 5.36. The molecule has 0 aliphatic rings. The van der Waals surface area contributed by atoms with Gasteiger partial charge >= 0.3 is 0 Å². The lowest BCUT2D eigenvalue weighted by Gasteiger charge is -2.15. The largest absolute Gasteiger partial charge is 0.392 e. The molecule has 0 radical (unpaired) electrons. The molecule has 0 fully saturated rings. The fourth-order valence-electron chi connectivity index (χ4n) is 1.87. The van der Waals surface area contributed by atoms with Gasteiger partial charge in [-0.05, 0) is 23.6 Å². The molecule has 17 heavy (non-hydrogen) atoms. The third kappa shape index (κ3) is 2.54. The van der Waals surface area contributed by atoms with Crippen molar-refractivity contribution in [2.24, 2.45) is 0 Å². The van der Waals surface area contributed by atoms with Crippen LogP contribution in [0.4, 0.5) is 0 Å². The Morgan fingerprint density at radius 2 is 1.65 bits per heavy atom. The Balaban J connectivity index is 2.36. The van der Waals surface area contributed by atoms with Crippen molar-refractivity contribution >= 4 is 0 Å². The summed E-state index contributed by atoms with van der Waals surface area (Å²) in [6.45, 7) is 1.96. The van der Waals surface area contributed by atoms with Crippen molar-refractivity contribution in [2.45, 2.75) is 19.6 Å². The predicted molar refractivity (Wildman–Crippen MR) is 67.6 cm³/mol. The highest BCUT2D eigenvalue weighted by Crippen LogP contribution is 2.25. The second-order valence-corrected chi connectivity index (χ2v) is 4.17. The molecule has 1 atom stereocenters. The Labute approximate surface area is 101 Å². The van der Waals surface area contributed by atoms with Gasteiger partial charge in [0.25, 0.3) is 0 Å². The highest BCUT2D eigenvalue weighted by Gasteiger charge is 2.13. The average Bonchev–Trinajstić information content (AvgIpc) is 2.39. The summed E-state index contributed by atoms with van der Waals surface area (Å²) in [4.78, 5) is 0. The molecule has 0 spiro atoms. The molecule has 2 aromatic carbocycles. The molecule has 1 unspecified atom stereocenters. The summed E-state index contributed by atoms with van der Waals surface area (Å²) in [7, 11) is 0. The number of aliphatic hydroxyl groups is 2. The lowest BCUT2D eigenvalue weighted by molar-refractivity contribution is 0.213. The van der Waals surface area contributed by atoms with Crippen LogP contribution in [-0.2, 0) is 6.61 Å². The van der Waals surface area contributed by atoms with Crippen LogP contribution in [0.5, 0.6) is 0 Å². The molecule has 88 valence electrons. The molecular weight excluding hydrogens is 212 g/mol. The topological polar surface area (TPSA) is 40.5 Å². The third-order valence-corrected chi connectivity index (χ3v) is 2.91.